The molecule has 3 aliphatic rings. The molecule has 0 spiro atoms. The molecular formula is C45H71N7O9. The standard InChI is InChI=1S/C45H71N7O9/c1-12-17-33-37(53)29(5)40(60-42-38(54)35(50(9)10)22-28(4)58-42)44(7,57-11)24-27(3)25-47-30(6)39-45(8,36(13-2)59-41(33)55)61-43(56)52(39)21-15-14-20-51-26-34(48-49-51)31-18-16-19-32(46)23-31/h12,16,18-19,23,26-30,33,35-36,38-40,42,47,54H,1,13-15,17,20-22,24-25,46H2,2-11H3/t27-,28-,29+,30-,33-,35?,36-,38?,39-,40-,42+,44-,45-/m1/s1. The number of ketones is 1. The number of rotatable bonds is 13. The van der Waals surface area contributed by atoms with Crippen molar-refractivity contribution in [2.45, 2.75) is 154 Å². The first-order valence-electron chi connectivity index (χ1n) is 21.9. The second-order valence-electron chi connectivity index (χ2n) is 18.1. The maximum absolute atomic E-state index is 14.7. The molecule has 1 amide bonds. The summed E-state index contributed by atoms with van der Waals surface area (Å²) in [6.07, 6.45) is 1.55. The molecule has 3 aliphatic heterocycles. The van der Waals surface area contributed by atoms with E-state index in [1.165, 1.54) is 6.08 Å². The van der Waals surface area contributed by atoms with Crippen molar-refractivity contribution < 1.29 is 43.2 Å². The minimum atomic E-state index is -1.26. The lowest BCUT2D eigenvalue weighted by Gasteiger charge is -2.46. The van der Waals surface area contributed by atoms with E-state index in [9.17, 15) is 19.5 Å². The molecule has 2 aromatic rings. The lowest BCUT2D eigenvalue weighted by atomic mass is 9.77. The molecule has 13 atom stereocenters. The third-order valence-electron chi connectivity index (χ3n) is 13.1. The van der Waals surface area contributed by atoms with Crippen LogP contribution in [0.3, 0.4) is 0 Å². The maximum Gasteiger partial charge on any atom is 0.410 e. The molecule has 340 valence electrons. The minimum Gasteiger partial charge on any atom is -0.457 e. The monoisotopic (exact) mass is 854 g/mol. The van der Waals surface area contributed by atoms with Gasteiger partial charge >= 0.3 is 12.1 Å². The highest BCUT2D eigenvalue weighted by atomic mass is 16.7. The van der Waals surface area contributed by atoms with Crippen LogP contribution in [0.25, 0.3) is 11.3 Å². The van der Waals surface area contributed by atoms with Crippen LogP contribution in [0.5, 0.6) is 0 Å². The largest absolute Gasteiger partial charge is 0.457 e. The number of amides is 1. The van der Waals surface area contributed by atoms with E-state index in [-0.39, 0.29) is 30.5 Å². The zero-order valence-corrected chi connectivity index (χ0v) is 37.9. The molecule has 1 aromatic carbocycles. The predicted octanol–water partition coefficient (Wildman–Crippen LogP) is 4.84. The Balaban J connectivity index is 1.42. The van der Waals surface area contributed by atoms with E-state index in [2.05, 4.69) is 29.1 Å². The van der Waals surface area contributed by atoms with Gasteiger partial charge in [-0.15, -0.1) is 11.7 Å². The number of aryl methyl sites for hydroxylation is 1. The number of cyclic esters (lactones) is 1. The fraction of sp³-hybridized carbons (Fsp3) is 0.711. The number of fused-ring (bicyclic) bond motifs is 1. The Labute approximate surface area is 361 Å². The second-order valence-corrected chi connectivity index (χ2v) is 18.1. The zero-order chi connectivity index (χ0) is 44.8. The number of esters is 1. The number of allylic oxidation sites excluding steroid dienone is 1. The van der Waals surface area contributed by atoms with Gasteiger partial charge in [0.15, 0.2) is 17.7 Å². The van der Waals surface area contributed by atoms with Crippen molar-refractivity contribution in [2.24, 2.45) is 17.8 Å². The Kier molecular flexibility index (Phi) is 16.2. The fourth-order valence-corrected chi connectivity index (χ4v) is 9.73. The number of carbonyl (C=O) groups is 3. The quantitative estimate of drug-likeness (QED) is 0.0815. The van der Waals surface area contributed by atoms with Gasteiger partial charge < -0.3 is 44.7 Å². The number of benzene rings is 1. The van der Waals surface area contributed by atoms with Crippen molar-refractivity contribution in [2.75, 3.05) is 40.0 Å². The van der Waals surface area contributed by atoms with Crippen molar-refractivity contribution in [1.82, 2.24) is 30.1 Å². The SMILES string of the molecule is C=CC[C@H]1C(=O)O[C@H](CC)[C@@]2(C)OC(=O)N(CCCCn3cc(-c4cccc(N)c4)nn3)[C@@H]2[C@@H](C)NC[C@H](C)C[C@@](C)(OC)[C@H](O[C@@H]2O[C@H](C)CC(N(C)C)C2O)[C@@H](C)C1=O. The van der Waals surface area contributed by atoms with Gasteiger partial charge in [-0.25, -0.2) is 4.79 Å². The van der Waals surface area contributed by atoms with E-state index in [1.54, 1.807) is 23.6 Å². The van der Waals surface area contributed by atoms with E-state index < -0.39 is 71.5 Å². The van der Waals surface area contributed by atoms with Crippen molar-refractivity contribution in [1.29, 1.82) is 0 Å². The summed E-state index contributed by atoms with van der Waals surface area (Å²) in [5.41, 5.74) is 5.89. The molecule has 0 radical (unpaired) electrons. The summed E-state index contributed by atoms with van der Waals surface area (Å²) in [6.45, 7) is 18.7. The van der Waals surface area contributed by atoms with Crippen LogP contribution < -0.4 is 11.1 Å². The number of carbonyl (C=O) groups excluding carboxylic acids is 3. The van der Waals surface area contributed by atoms with Gasteiger partial charge in [-0.05, 0) is 105 Å². The van der Waals surface area contributed by atoms with Crippen molar-refractivity contribution >= 4 is 23.5 Å². The predicted molar refractivity (Wildman–Crippen MR) is 231 cm³/mol. The zero-order valence-electron chi connectivity index (χ0n) is 37.9. The summed E-state index contributed by atoms with van der Waals surface area (Å²) in [5.74, 6) is -3.31. The Hall–Kier alpha value is -3.93. The molecule has 16 nitrogen and oxygen atoms in total. The van der Waals surface area contributed by atoms with Crippen LogP contribution in [-0.4, -0.2) is 142 Å². The molecule has 3 saturated heterocycles. The second kappa shape index (κ2) is 20.5. The van der Waals surface area contributed by atoms with Gasteiger partial charge in [-0.2, -0.15) is 0 Å². The maximum atomic E-state index is 14.7. The van der Waals surface area contributed by atoms with Crippen LogP contribution in [0.4, 0.5) is 10.5 Å². The molecular weight excluding hydrogens is 783 g/mol. The number of ether oxygens (including phenoxy) is 5. The van der Waals surface area contributed by atoms with E-state index >= 15 is 0 Å². The number of nitrogen functional groups attached to an aromatic ring is 1. The smallest absolute Gasteiger partial charge is 0.410 e. The molecule has 16 heteroatoms. The molecule has 4 N–H and O–H groups in total. The first-order valence-corrected chi connectivity index (χ1v) is 21.9. The number of nitrogens with two attached hydrogens (primary N) is 1. The minimum absolute atomic E-state index is 0.0181. The van der Waals surface area contributed by atoms with E-state index in [0.717, 1.165) is 11.3 Å². The fourth-order valence-electron chi connectivity index (χ4n) is 9.73. The summed E-state index contributed by atoms with van der Waals surface area (Å²) in [6, 6.07) is 6.40. The molecule has 4 heterocycles. The summed E-state index contributed by atoms with van der Waals surface area (Å²) in [5, 5.41) is 23.8. The van der Waals surface area contributed by atoms with E-state index in [0.29, 0.717) is 57.4 Å². The van der Waals surface area contributed by atoms with Crippen LogP contribution >= 0.6 is 0 Å². The first-order chi connectivity index (χ1) is 28.9. The molecule has 2 unspecified atom stereocenters. The number of aliphatic hydroxyl groups excluding tert-OH is 1. The Morgan fingerprint density at radius 3 is 2.51 bits per heavy atom. The number of anilines is 1. The van der Waals surface area contributed by atoms with Crippen LogP contribution in [0, 0.1) is 17.8 Å². The molecule has 0 saturated carbocycles. The number of aromatic nitrogens is 3. The molecule has 3 fully saturated rings. The Bertz CT molecular complexity index is 1810. The number of nitrogens with one attached hydrogen (secondary N) is 1. The third kappa shape index (κ3) is 10.8. The third-order valence-corrected chi connectivity index (χ3v) is 13.1. The van der Waals surface area contributed by atoms with Gasteiger partial charge in [0, 0.05) is 49.5 Å². The number of likely N-dealkylation sites (N-methyl/N-ethyl adjacent to an activating group) is 1. The van der Waals surface area contributed by atoms with Crippen molar-refractivity contribution in [3.8, 4) is 11.3 Å². The highest BCUT2D eigenvalue weighted by Crippen LogP contribution is 2.40. The highest BCUT2D eigenvalue weighted by molar-refractivity contribution is 6.00. The van der Waals surface area contributed by atoms with Gasteiger partial charge in [-0.3, -0.25) is 19.2 Å². The van der Waals surface area contributed by atoms with Crippen molar-refractivity contribution in [3.05, 3.63) is 43.1 Å². The molecule has 61 heavy (non-hydrogen) atoms. The van der Waals surface area contributed by atoms with Gasteiger partial charge in [0.25, 0.3) is 0 Å². The number of Topliss-reactive ketones (excluding diaryl/α,β-unsaturated/α-hetero) is 1. The molecule has 0 bridgehead atoms. The average molecular weight is 854 g/mol. The normalized spacial score (nSPS) is 35.6. The van der Waals surface area contributed by atoms with E-state index in [1.807, 2.05) is 84.1 Å². The number of hydrogen-bond acceptors (Lipinski definition) is 14. The number of unbranched alkanes of at least 4 members (excludes halogenated alkanes) is 1. The summed E-state index contributed by atoms with van der Waals surface area (Å²) >= 11 is 0. The summed E-state index contributed by atoms with van der Waals surface area (Å²) in [7, 11) is 5.39. The first kappa shape index (κ1) is 48.1. The van der Waals surface area contributed by atoms with E-state index in [4.69, 9.17) is 29.4 Å². The number of hydrogen-bond donors (Lipinski definition) is 3. The van der Waals surface area contributed by atoms with Gasteiger partial charge in [0.05, 0.1) is 30.0 Å². The lowest BCUT2D eigenvalue weighted by Crippen LogP contribution is -2.61. The van der Waals surface area contributed by atoms with Gasteiger partial charge in [-0.1, -0.05) is 44.2 Å². The Morgan fingerprint density at radius 1 is 1.13 bits per heavy atom. The average Bonchev–Trinajstić information content (AvgIpc) is 3.80. The topological polar surface area (TPSA) is 193 Å². The lowest BCUT2D eigenvalue weighted by molar-refractivity contribution is -0.295. The number of aliphatic hydroxyl groups is 1. The van der Waals surface area contributed by atoms with Crippen LogP contribution in [0.1, 0.15) is 87.0 Å². The molecule has 5 rings (SSSR count). The highest BCUT2D eigenvalue weighted by Gasteiger charge is 2.59. The molecule has 0 aliphatic carbocycles. The number of methoxy groups -OCH3 is 1. The van der Waals surface area contributed by atoms with Gasteiger partial charge in [0.1, 0.15) is 23.8 Å². The molecule has 1 aromatic heterocycles. The van der Waals surface area contributed by atoms with Crippen LogP contribution in [-0.2, 0) is 39.8 Å². The Morgan fingerprint density at radius 2 is 1.85 bits per heavy atom. The van der Waals surface area contributed by atoms with Crippen molar-refractivity contribution in [3.63, 3.8) is 0 Å². The van der Waals surface area contributed by atoms with Crippen LogP contribution in [0.15, 0.2) is 43.1 Å². The van der Waals surface area contributed by atoms with Gasteiger partial charge in [0.2, 0.25) is 0 Å². The summed E-state index contributed by atoms with van der Waals surface area (Å²) in [4.78, 5) is 46.7. The summed E-state index contributed by atoms with van der Waals surface area (Å²) < 4.78 is 33.6. The van der Waals surface area contributed by atoms with Crippen LogP contribution in [0.2, 0.25) is 0 Å². The number of nitrogens with zero attached hydrogens (tertiary/aromatic N) is 5.